The highest BCUT2D eigenvalue weighted by molar-refractivity contribution is 9.11. The molecule has 2 aromatic rings. The van der Waals surface area contributed by atoms with Gasteiger partial charge in [-0.15, -0.1) is 11.3 Å². The van der Waals surface area contributed by atoms with Crippen LogP contribution in [0.15, 0.2) is 39.5 Å². The number of hydrazine groups is 1. The Labute approximate surface area is 131 Å². The van der Waals surface area contributed by atoms with Crippen molar-refractivity contribution in [3.8, 4) is 5.75 Å². The fourth-order valence-electron chi connectivity index (χ4n) is 1.93. The maximum Gasteiger partial charge on any atom is 0.124 e. The van der Waals surface area contributed by atoms with Gasteiger partial charge in [-0.1, -0.05) is 18.2 Å². The Kier molecular flexibility index (Phi) is 6.00. The van der Waals surface area contributed by atoms with Gasteiger partial charge in [0, 0.05) is 12.7 Å². The third-order valence-electron chi connectivity index (χ3n) is 2.86. The third kappa shape index (κ3) is 3.80. The van der Waals surface area contributed by atoms with Crippen LogP contribution >= 0.6 is 27.3 Å². The molecule has 0 fully saturated rings. The van der Waals surface area contributed by atoms with Crippen LogP contribution in [-0.4, -0.2) is 20.3 Å². The molecule has 0 spiro atoms. The highest BCUT2D eigenvalue weighted by Crippen LogP contribution is 2.33. The van der Waals surface area contributed by atoms with E-state index in [9.17, 15) is 0 Å². The molecule has 108 valence electrons. The topological polar surface area (TPSA) is 56.5 Å². The zero-order chi connectivity index (χ0) is 14.4. The van der Waals surface area contributed by atoms with E-state index in [0.717, 1.165) is 20.7 Å². The first-order valence-corrected chi connectivity index (χ1v) is 7.84. The van der Waals surface area contributed by atoms with Crippen molar-refractivity contribution in [3.63, 3.8) is 0 Å². The van der Waals surface area contributed by atoms with Gasteiger partial charge < -0.3 is 9.47 Å². The molecule has 1 atom stereocenters. The Morgan fingerprint density at radius 1 is 1.35 bits per heavy atom. The highest BCUT2D eigenvalue weighted by atomic mass is 79.9. The molecule has 3 N–H and O–H groups in total. The number of nitrogens with two attached hydrogens (primary N) is 1. The second kappa shape index (κ2) is 7.75. The number of hydrogen-bond donors (Lipinski definition) is 2. The maximum absolute atomic E-state index is 5.76. The fourth-order valence-corrected chi connectivity index (χ4v) is 3.13. The number of para-hydroxylation sites is 1. The van der Waals surface area contributed by atoms with Gasteiger partial charge in [-0.05, 0) is 39.0 Å². The van der Waals surface area contributed by atoms with Crippen LogP contribution in [0.4, 0.5) is 0 Å². The number of benzene rings is 1. The smallest absolute Gasteiger partial charge is 0.124 e. The molecule has 2 rings (SSSR count). The Bertz CT molecular complexity index is 547. The third-order valence-corrected chi connectivity index (χ3v) is 4.39. The van der Waals surface area contributed by atoms with Crippen molar-refractivity contribution in [1.82, 2.24) is 5.43 Å². The predicted molar refractivity (Wildman–Crippen MR) is 85.0 cm³/mol. The molecule has 4 nitrogen and oxygen atoms in total. The molecule has 1 heterocycles. The van der Waals surface area contributed by atoms with Crippen LogP contribution in [0.3, 0.4) is 0 Å². The number of rotatable bonds is 7. The van der Waals surface area contributed by atoms with Crippen LogP contribution in [0.2, 0.25) is 0 Å². The lowest BCUT2D eigenvalue weighted by molar-refractivity contribution is 0.145. The molecule has 0 aliphatic rings. The first kappa shape index (κ1) is 15.5. The summed E-state index contributed by atoms with van der Waals surface area (Å²) < 4.78 is 11.8. The number of thiophene rings is 1. The van der Waals surface area contributed by atoms with Crippen molar-refractivity contribution in [3.05, 3.63) is 50.6 Å². The standard InChI is InChI=1S/C14H17BrN2O2S/c1-18-6-7-19-12-5-3-2-4-11(12)14(17-16)10-8-13(15)20-9-10/h2-5,8-9,14,17H,6-7,16H2,1H3. The monoisotopic (exact) mass is 356 g/mol. The molecule has 1 unspecified atom stereocenters. The molecule has 0 aliphatic heterocycles. The van der Waals surface area contributed by atoms with Crippen molar-refractivity contribution in [2.75, 3.05) is 20.3 Å². The Morgan fingerprint density at radius 2 is 2.15 bits per heavy atom. The van der Waals surface area contributed by atoms with Crippen molar-refractivity contribution in [2.45, 2.75) is 6.04 Å². The summed E-state index contributed by atoms with van der Waals surface area (Å²) in [5.74, 6) is 6.54. The molecule has 0 aliphatic carbocycles. The molecule has 1 aromatic carbocycles. The molecular formula is C14H17BrN2O2S. The predicted octanol–water partition coefficient (Wildman–Crippen LogP) is 3.09. The summed E-state index contributed by atoms with van der Waals surface area (Å²) >= 11 is 5.10. The van der Waals surface area contributed by atoms with E-state index >= 15 is 0 Å². The van der Waals surface area contributed by atoms with Crippen LogP contribution in [0, 0.1) is 0 Å². The quantitative estimate of drug-likeness (QED) is 0.454. The van der Waals surface area contributed by atoms with Gasteiger partial charge in [0.25, 0.3) is 0 Å². The van der Waals surface area contributed by atoms with Crippen molar-refractivity contribution in [1.29, 1.82) is 0 Å². The average Bonchev–Trinajstić information content (AvgIpc) is 2.88. The number of nitrogens with one attached hydrogen (secondary N) is 1. The minimum Gasteiger partial charge on any atom is -0.491 e. The Balaban J connectivity index is 2.25. The second-order valence-electron chi connectivity index (χ2n) is 4.16. The van der Waals surface area contributed by atoms with E-state index < -0.39 is 0 Å². The zero-order valence-corrected chi connectivity index (χ0v) is 13.5. The molecule has 20 heavy (non-hydrogen) atoms. The van der Waals surface area contributed by atoms with Crippen LogP contribution in [0.25, 0.3) is 0 Å². The molecular weight excluding hydrogens is 340 g/mol. The lowest BCUT2D eigenvalue weighted by atomic mass is 10.0. The number of ether oxygens (including phenoxy) is 2. The van der Waals surface area contributed by atoms with Crippen LogP contribution in [-0.2, 0) is 4.74 Å². The van der Waals surface area contributed by atoms with Crippen molar-refractivity contribution in [2.24, 2.45) is 5.84 Å². The molecule has 0 amide bonds. The van der Waals surface area contributed by atoms with E-state index in [4.69, 9.17) is 15.3 Å². The molecule has 0 radical (unpaired) electrons. The summed E-state index contributed by atoms with van der Waals surface area (Å²) in [7, 11) is 1.66. The first-order valence-electron chi connectivity index (χ1n) is 6.17. The molecule has 0 bridgehead atoms. The summed E-state index contributed by atoms with van der Waals surface area (Å²) in [4.78, 5) is 0. The van der Waals surface area contributed by atoms with Crippen LogP contribution in [0.5, 0.6) is 5.75 Å². The first-order chi connectivity index (χ1) is 9.76. The molecule has 0 saturated heterocycles. The molecule has 6 heteroatoms. The van der Waals surface area contributed by atoms with Gasteiger partial charge in [0.1, 0.15) is 12.4 Å². The van der Waals surface area contributed by atoms with E-state index in [1.54, 1.807) is 18.4 Å². The average molecular weight is 357 g/mol. The van der Waals surface area contributed by atoms with Gasteiger partial charge in [-0.2, -0.15) is 0 Å². The summed E-state index contributed by atoms with van der Waals surface area (Å²) in [6.45, 7) is 1.07. The van der Waals surface area contributed by atoms with Crippen molar-refractivity contribution < 1.29 is 9.47 Å². The second-order valence-corrected chi connectivity index (χ2v) is 6.45. The lowest BCUT2D eigenvalue weighted by Gasteiger charge is -2.19. The van der Waals surface area contributed by atoms with Crippen LogP contribution in [0.1, 0.15) is 17.2 Å². The minimum atomic E-state index is -0.101. The summed E-state index contributed by atoms with van der Waals surface area (Å²) in [5.41, 5.74) is 4.97. The number of methoxy groups -OCH3 is 1. The van der Waals surface area contributed by atoms with E-state index in [-0.39, 0.29) is 6.04 Å². The van der Waals surface area contributed by atoms with Crippen LogP contribution < -0.4 is 16.0 Å². The normalized spacial score (nSPS) is 12.3. The fraction of sp³-hybridized carbons (Fsp3) is 0.286. The van der Waals surface area contributed by atoms with Gasteiger partial charge >= 0.3 is 0 Å². The Hall–Kier alpha value is -0.920. The molecule has 0 saturated carbocycles. The van der Waals surface area contributed by atoms with Crippen molar-refractivity contribution >= 4 is 27.3 Å². The van der Waals surface area contributed by atoms with Gasteiger partial charge in [0.05, 0.1) is 16.4 Å². The van der Waals surface area contributed by atoms with E-state index in [1.165, 1.54) is 0 Å². The lowest BCUT2D eigenvalue weighted by Crippen LogP contribution is -2.29. The SMILES string of the molecule is COCCOc1ccccc1C(NN)c1csc(Br)c1. The summed E-state index contributed by atoms with van der Waals surface area (Å²) in [6.07, 6.45) is 0. The zero-order valence-electron chi connectivity index (χ0n) is 11.1. The highest BCUT2D eigenvalue weighted by Gasteiger charge is 2.18. The minimum absolute atomic E-state index is 0.101. The number of halogens is 1. The summed E-state index contributed by atoms with van der Waals surface area (Å²) in [6, 6.07) is 9.83. The molecule has 1 aromatic heterocycles. The van der Waals surface area contributed by atoms with E-state index in [1.807, 2.05) is 24.3 Å². The largest absolute Gasteiger partial charge is 0.491 e. The number of hydrogen-bond acceptors (Lipinski definition) is 5. The van der Waals surface area contributed by atoms with Gasteiger partial charge in [0.2, 0.25) is 0 Å². The van der Waals surface area contributed by atoms with Gasteiger partial charge in [-0.3, -0.25) is 5.84 Å². The van der Waals surface area contributed by atoms with Gasteiger partial charge in [-0.25, -0.2) is 5.43 Å². The Morgan fingerprint density at radius 3 is 2.80 bits per heavy atom. The van der Waals surface area contributed by atoms with E-state index in [2.05, 4.69) is 32.8 Å². The van der Waals surface area contributed by atoms with E-state index in [0.29, 0.717) is 13.2 Å². The summed E-state index contributed by atoms with van der Waals surface area (Å²) in [5, 5.41) is 2.07. The van der Waals surface area contributed by atoms with Gasteiger partial charge in [0.15, 0.2) is 0 Å². The maximum atomic E-state index is 5.76.